The molecule has 0 unspecified atom stereocenters. The molecule has 143 heavy (non-hydrogen) atoms. The lowest BCUT2D eigenvalue weighted by molar-refractivity contribution is -0.143. The highest BCUT2D eigenvalue weighted by atomic mass is 32.1. The molecule has 0 fully saturated rings. The van der Waals surface area contributed by atoms with Crippen molar-refractivity contribution in [3.8, 4) is 5.75 Å². The lowest BCUT2D eigenvalue weighted by Crippen LogP contribution is -2.62. The fourth-order valence-electron chi connectivity index (χ4n) is 15.3. The first-order valence-electron chi connectivity index (χ1n) is 47.1. The van der Waals surface area contributed by atoms with Crippen LogP contribution < -0.4 is 103 Å². The zero-order chi connectivity index (χ0) is 106. The minimum atomic E-state index is -1.81. The van der Waals surface area contributed by atoms with Crippen LogP contribution in [0.2, 0.25) is 0 Å². The highest BCUT2D eigenvalue weighted by molar-refractivity contribution is 7.80. The van der Waals surface area contributed by atoms with Gasteiger partial charge < -0.3 is 133 Å². The normalized spacial score (nSPS) is 15.1. The summed E-state index contributed by atoms with van der Waals surface area (Å²) >= 11 is 8.61. The highest BCUT2D eigenvalue weighted by Gasteiger charge is 2.42. The van der Waals surface area contributed by atoms with Gasteiger partial charge in [0.2, 0.25) is 100 Å². The van der Waals surface area contributed by atoms with Crippen molar-refractivity contribution in [1.82, 2.24) is 89.7 Å². The Morgan fingerprint density at radius 2 is 0.720 bits per heavy atom. The SMILES string of the molecule is CC[C@H](C)[C@H](NC(=O)[C@H](CC(N)=O)NC(=O)[C@H](CS)NC(=O)[C@@H](NC(=O)[C@H](Cc1c[nH]c2ccccc12)NC(=O)[C@H](CCC(N)=O)NC(=O)[C@H](Cc1ccccc1)NC(=O)[C@H](CCCCN)NC(=O)[C@H](C)NC(=O)[C@H](Cc1ccc(O)cc1)NC(=O)[C@H](CCC(=O)O)NC(=O)[C@H](CS)NC(=O)[C@@H](NC(=O)[C@H](Cc1c[nH]c2ccccc12)NC(=O)[C@@H](N)CC(=O)O)C(C)C)[C@@H](C)CC)C(=O)N[C@@H](CC(C)C)C(=O)O. The van der Waals surface area contributed by atoms with Gasteiger partial charge in [-0.3, -0.25) is 91.1 Å². The van der Waals surface area contributed by atoms with E-state index in [1.165, 1.54) is 31.2 Å². The van der Waals surface area contributed by atoms with E-state index in [9.17, 15) is 97.1 Å². The quantitative estimate of drug-likeness (QED) is 0.0154. The van der Waals surface area contributed by atoms with Gasteiger partial charge >= 0.3 is 17.9 Å². The number of amides is 17. The van der Waals surface area contributed by atoms with Gasteiger partial charge in [0.05, 0.1) is 18.9 Å². The van der Waals surface area contributed by atoms with Crippen LogP contribution in [0.1, 0.15) is 162 Å². The first-order chi connectivity index (χ1) is 67.7. The molecule has 0 aliphatic rings. The average Bonchev–Trinajstić information content (AvgIpc) is 1.79. The maximum atomic E-state index is 15.2. The Morgan fingerprint density at radius 1 is 0.357 bits per heavy atom. The number of hydrogen-bond acceptors (Lipinski definition) is 25. The van der Waals surface area contributed by atoms with Crippen molar-refractivity contribution in [2.75, 3.05) is 18.1 Å². The summed E-state index contributed by atoms with van der Waals surface area (Å²) in [5.41, 5.74) is 26.1. The Morgan fingerprint density at radius 3 is 1.15 bits per heavy atom. The van der Waals surface area contributed by atoms with Crippen molar-refractivity contribution in [1.29, 1.82) is 0 Å². The number of aromatic amines is 2. The van der Waals surface area contributed by atoms with Crippen LogP contribution >= 0.6 is 25.3 Å². The zero-order valence-corrected chi connectivity index (χ0v) is 82.9. The van der Waals surface area contributed by atoms with Crippen molar-refractivity contribution < 1.29 is 116 Å². The number of carbonyl (C=O) groups is 20. The number of rotatable bonds is 62. The number of nitrogens with two attached hydrogens (primary N) is 4. The minimum Gasteiger partial charge on any atom is -0.508 e. The summed E-state index contributed by atoms with van der Waals surface area (Å²) in [6.07, 6.45) is -1.34. The number of benzene rings is 4. The van der Waals surface area contributed by atoms with Crippen LogP contribution in [0.15, 0.2) is 116 Å². The summed E-state index contributed by atoms with van der Waals surface area (Å²) in [4.78, 5) is 285. The van der Waals surface area contributed by atoms with E-state index in [-0.39, 0.29) is 69.6 Å². The Labute approximate surface area is 837 Å². The number of aromatic nitrogens is 2. The summed E-state index contributed by atoms with van der Waals surface area (Å²) < 4.78 is 0. The summed E-state index contributed by atoms with van der Waals surface area (Å²) in [7, 11) is 0. The third-order valence-corrected chi connectivity index (χ3v) is 24.6. The number of carbonyl (C=O) groups excluding carboxylic acids is 17. The Balaban J connectivity index is 1.24. The Bertz CT molecular complexity index is 5430. The number of unbranched alkanes of at least 4 members (excludes halogenated alkanes) is 1. The fraction of sp³-hybridized carbons (Fsp3) is 0.500. The van der Waals surface area contributed by atoms with Gasteiger partial charge in [-0.15, -0.1) is 0 Å². The van der Waals surface area contributed by atoms with Crippen molar-refractivity contribution in [2.24, 2.45) is 46.6 Å². The van der Waals surface area contributed by atoms with E-state index in [1.54, 1.807) is 147 Å². The van der Waals surface area contributed by atoms with Crippen LogP contribution in [0.5, 0.6) is 5.75 Å². The molecule has 6 rings (SSSR count). The van der Waals surface area contributed by atoms with Gasteiger partial charge in [0.25, 0.3) is 0 Å². The maximum Gasteiger partial charge on any atom is 0.326 e. The van der Waals surface area contributed by atoms with Crippen LogP contribution in [0.25, 0.3) is 21.8 Å². The number of carboxylic acids is 3. The predicted octanol–water partition coefficient (Wildman–Crippen LogP) is -1.41. The second-order valence-electron chi connectivity index (χ2n) is 36.0. The molecule has 780 valence electrons. The largest absolute Gasteiger partial charge is 0.508 e. The number of aliphatic carboxylic acids is 3. The number of para-hydroxylation sites is 2. The maximum absolute atomic E-state index is 15.2. The van der Waals surface area contributed by atoms with E-state index >= 15 is 19.2 Å². The van der Waals surface area contributed by atoms with Crippen molar-refractivity contribution in [3.63, 3.8) is 0 Å². The molecule has 4 aromatic carbocycles. The molecular weight excluding hydrogens is 1900 g/mol. The second-order valence-corrected chi connectivity index (χ2v) is 36.7. The number of nitrogens with one attached hydrogen (secondary N) is 17. The number of thiol groups is 2. The molecule has 0 radical (unpaired) electrons. The number of carboxylic acid groups (broad SMARTS) is 3. The standard InChI is InChI=1S/C96H135N21O24S2/c1-10-50(7)79(94(138)112-71(96(140)141)37-48(3)4)117-90(134)70(43-75(100)120)111-92(136)73(47-143)114-95(139)80(51(8)11-2)116-89(133)69(41-56-45-102-62-26-18-16-24-59(56)62)110-84(128)64(32-34-74(99)119)105-87(131)67(38-53-21-13-12-14-22-53)109-83(127)63(27-19-20-36-97)104-81(125)52(9)103-86(130)66(39-54-28-30-57(118)31-29-54)108-85(129)65(33-35-76(121)122)106-91(135)72(46-142)113-93(137)78(49(5)6)115-88(132)68(107-82(126)60(98)42-77(123)124)40-55-44-101-61-25-17-15-23-58(55)61/h12-18,21-26,28-31,44-45,48-52,60,63-73,78-80,101-102,118,142-143H,10-11,19-20,27,32-43,46-47,97-98H2,1-9H3,(H2,99,119)(H2,100,120)(H,103,130)(H,104,125)(H,105,131)(H,106,135)(H,107,126)(H,108,129)(H,109,127)(H,110,128)(H,111,136)(H,112,138)(H,113,137)(H,114,139)(H,115,132)(H,116,133)(H,117,134)(H,121,122)(H,123,124)(H,140,141)/t50-,51-,52-,60-,63-,64-,65-,66-,67-,68-,69-,70-,71-,72-,73-,78-,79-,80-/m0/s1. The lowest BCUT2D eigenvalue weighted by Gasteiger charge is -2.30. The monoisotopic (exact) mass is 2030 g/mol. The number of aromatic hydroxyl groups is 1. The smallest absolute Gasteiger partial charge is 0.326 e. The van der Waals surface area contributed by atoms with Gasteiger partial charge in [-0.05, 0) is 122 Å². The van der Waals surface area contributed by atoms with E-state index in [2.05, 4.69) is 115 Å². The molecule has 6 aromatic rings. The third-order valence-electron chi connectivity index (χ3n) is 23.9. The topological polar surface area (TPSA) is 738 Å². The molecule has 0 saturated carbocycles. The van der Waals surface area contributed by atoms with E-state index < -0.39 is 289 Å². The van der Waals surface area contributed by atoms with Crippen molar-refractivity contribution >= 4 is 165 Å². The first-order valence-corrected chi connectivity index (χ1v) is 48.3. The van der Waals surface area contributed by atoms with Gasteiger partial charge in [0.1, 0.15) is 96.4 Å². The van der Waals surface area contributed by atoms with E-state index in [0.29, 0.717) is 50.5 Å². The zero-order valence-electron chi connectivity index (χ0n) is 81.1. The summed E-state index contributed by atoms with van der Waals surface area (Å²) in [5.74, 6) is -25.0. The van der Waals surface area contributed by atoms with Crippen LogP contribution in [0.3, 0.4) is 0 Å². The van der Waals surface area contributed by atoms with Crippen LogP contribution in [0.4, 0.5) is 0 Å². The number of phenolic OH excluding ortho intramolecular Hbond substituents is 1. The van der Waals surface area contributed by atoms with Gasteiger partial charge in [-0.2, -0.15) is 25.3 Å². The summed E-state index contributed by atoms with van der Waals surface area (Å²) in [6.45, 7) is 14.5. The van der Waals surface area contributed by atoms with Gasteiger partial charge in [0, 0.05) is 84.2 Å². The molecule has 2 aromatic heterocycles. The molecule has 17 amide bonds. The van der Waals surface area contributed by atoms with Gasteiger partial charge in [-0.1, -0.05) is 147 Å². The van der Waals surface area contributed by atoms with Crippen LogP contribution in [0, 0.1) is 23.7 Å². The van der Waals surface area contributed by atoms with Gasteiger partial charge in [-0.25, -0.2) is 4.79 Å². The summed E-state index contributed by atoms with van der Waals surface area (Å²) in [6, 6.07) is 1.86. The molecule has 0 aliphatic heterocycles. The number of primary amides is 2. The lowest BCUT2D eigenvalue weighted by atomic mass is 9.96. The molecule has 0 aliphatic carbocycles. The number of H-pyrrole nitrogens is 2. The number of hydrogen-bond donors (Lipinski definition) is 27. The second kappa shape index (κ2) is 58.2. The van der Waals surface area contributed by atoms with Crippen LogP contribution in [-0.4, -0.2) is 263 Å². The highest BCUT2D eigenvalue weighted by Crippen LogP contribution is 2.24. The van der Waals surface area contributed by atoms with Crippen LogP contribution in [-0.2, 0) is 122 Å². The Kier molecular flexibility index (Phi) is 47.9. The fourth-order valence-corrected chi connectivity index (χ4v) is 15.8. The Hall–Kier alpha value is -14.2. The molecule has 47 heteroatoms. The first kappa shape index (κ1) is 117. The molecule has 29 N–H and O–H groups in total. The van der Waals surface area contributed by atoms with E-state index in [0.717, 1.165) is 0 Å². The molecular formula is C96H135N21O24S2. The molecule has 0 saturated heterocycles. The average molecular weight is 2030 g/mol. The third kappa shape index (κ3) is 38.0. The minimum absolute atomic E-state index is 0.0439. The van der Waals surface area contributed by atoms with E-state index in [4.69, 9.17) is 22.9 Å². The predicted molar refractivity (Wildman–Crippen MR) is 531 cm³/mol. The van der Waals surface area contributed by atoms with E-state index in [1.807, 2.05) is 0 Å². The molecule has 0 spiro atoms. The molecule has 18 atom stereocenters. The molecule has 2 heterocycles. The molecule has 0 bridgehead atoms. The summed E-state index contributed by atoms with van der Waals surface area (Å²) in [5, 5.41) is 78.9. The number of phenols is 1. The number of fused-ring (bicyclic) bond motifs is 2. The van der Waals surface area contributed by atoms with Crippen molar-refractivity contribution in [3.05, 3.63) is 138 Å². The molecule has 45 nitrogen and oxygen atoms in total. The van der Waals surface area contributed by atoms with Crippen molar-refractivity contribution in [2.45, 2.75) is 262 Å². The van der Waals surface area contributed by atoms with Gasteiger partial charge in [0.15, 0.2) is 0 Å².